The fraction of sp³-hybridized carbons (Fsp3) is 0.182. The van der Waals surface area contributed by atoms with Gasteiger partial charge in [-0.3, -0.25) is 9.89 Å². The molecule has 2 rings (SSSR count). The number of methoxy groups -OCH3 is 1. The zero-order chi connectivity index (χ0) is 11.5. The van der Waals surface area contributed by atoms with E-state index in [4.69, 9.17) is 4.74 Å². The number of aromatic amines is 1. The Morgan fingerprint density at radius 2 is 2.25 bits per heavy atom. The molecule has 1 heterocycles. The Morgan fingerprint density at radius 3 is 2.94 bits per heavy atom. The number of hydrogen-bond donors (Lipinski definition) is 1. The van der Waals surface area contributed by atoms with E-state index in [-0.39, 0.29) is 5.56 Å². The number of nitrogens with one attached hydrogen (secondary N) is 1. The van der Waals surface area contributed by atoms with Crippen molar-refractivity contribution in [2.24, 2.45) is 0 Å². The summed E-state index contributed by atoms with van der Waals surface area (Å²) in [6.45, 7) is 0.399. The Morgan fingerprint density at radius 1 is 1.44 bits per heavy atom. The molecule has 0 unspecified atom stereocenters. The van der Waals surface area contributed by atoms with E-state index in [9.17, 15) is 4.79 Å². The first-order valence-electron chi connectivity index (χ1n) is 4.76. The highest BCUT2D eigenvalue weighted by Crippen LogP contribution is 2.13. The topological polar surface area (TPSA) is 47.0 Å². The first-order chi connectivity index (χ1) is 7.70. The molecule has 0 bridgehead atoms. The van der Waals surface area contributed by atoms with Crippen molar-refractivity contribution in [2.45, 2.75) is 6.61 Å². The van der Waals surface area contributed by atoms with Crippen molar-refractivity contribution in [1.29, 1.82) is 0 Å². The van der Waals surface area contributed by atoms with Crippen LogP contribution in [0.3, 0.4) is 0 Å². The predicted molar refractivity (Wildman–Crippen MR) is 64.8 cm³/mol. The number of hydrogen-bond acceptors (Lipinski definition) is 2. The normalized spacial score (nSPS) is 10.6. The van der Waals surface area contributed by atoms with Crippen molar-refractivity contribution in [3.8, 4) is 5.69 Å². The van der Waals surface area contributed by atoms with Crippen LogP contribution < -0.4 is 5.56 Å². The molecule has 0 atom stereocenters. The molecule has 4 nitrogen and oxygen atoms in total. The Kier molecular flexibility index (Phi) is 3.26. The molecule has 0 amide bonds. The van der Waals surface area contributed by atoms with Gasteiger partial charge >= 0.3 is 0 Å². The lowest BCUT2D eigenvalue weighted by Gasteiger charge is -2.02. The Bertz CT molecular complexity index is 545. The molecule has 1 aromatic carbocycles. The number of ether oxygens (including phenoxy) is 1. The predicted octanol–water partition coefficient (Wildman–Crippen LogP) is 2.07. The minimum Gasteiger partial charge on any atom is -0.378 e. The summed E-state index contributed by atoms with van der Waals surface area (Å²) in [7, 11) is 1.59. The van der Waals surface area contributed by atoms with Gasteiger partial charge in [-0.15, -0.1) is 0 Å². The molecular weight excluding hydrogens is 272 g/mol. The molecule has 2 aromatic rings. The average Bonchev–Trinajstić information content (AvgIpc) is 2.60. The Labute approximate surface area is 101 Å². The summed E-state index contributed by atoms with van der Waals surface area (Å²) in [6.07, 6.45) is 0. The van der Waals surface area contributed by atoms with Gasteiger partial charge in [0.25, 0.3) is 5.56 Å². The van der Waals surface area contributed by atoms with Crippen molar-refractivity contribution >= 4 is 15.9 Å². The van der Waals surface area contributed by atoms with Gasteiger partial charge in [-0.2, -0.15) is 0 Å². The number of benzene rings is 1. The van der Waals surface area contributed by atoms with E-state index < -0.39 is 0 Å². The van der Waals surface area contributed by atoms with Gasteiger partial charge in [-0.05, 0) is 18.2 Å². The first-order valence-corrected chi connectivity index (χ1v) is 5.56. The number of halogens is 1. The van der Waals surface area contributed by atoms with Gasteiger partial charge in [0.15, 0.2) is 0 Å². The second-order valence-electron chi connectivity index (χ2n) is 3.37. The van der Waals surface area contributed by atoms with E-state index in [1.165, 1.54) is 10.7 Å². The lowest BCUT2D eigenvalue weighted by molar-refractivity contribution is 0.181. The van der Waals surface area contributed by atoms with Crippen LogP contribution in [-0.2, 0) is 11.3 Å². The summed E-state index contributed by atoms with van der Waals surface area (Å²) in [6, 6.07) is 9.05. The summed E-state index contributed by atoms with van der Waals surface area (Å²) in [5, 5.41) is 2.98. The van der Waals surface area contributed by atoms with Gasteiger partial charge in [0.2, 0.25) is 0 Å². The molecule has 5 heteroatoms. The Hall–Kier alpha value is -1.33. The van der Waals surface area contributed by atoms with Crippen molar-refractivity contribution in [3.05, 3.63) is 50.9 Å². The van der Waals surface area contributed by atoms with Gasteiger partial charge in [0.05, 0.1) is 18.0 Å². The van der Waals surface area contributed by atoms with E-state index in [1.807, 2.05) is 24.3 Å². The highest BCUT2D eigenvalue weighted by Gasteiger charge is 2.04. The monoisotopic (exact) mass is 282 g/mol. The Balaban J connectivity index is 2.44. The maximum atomic E-state index is 11.7. The number of rotatable bonds is 3. The third-order valence-corrected chi connectivity index (χ3v) is 2.63. The lowest BCUT2D eigenvalue weighted by atomic mass is 10.3. The molecule has 84 valence electrons. The highest BCUT2D eigenvalue weighted by molar-refractivity contribution is 9.10. The smallest absolute Gasteiger partial charge is 0.271 e. The molecule has 16 heavy (non-hydrogen) atoms. The average molecular weight is 283 g/mol. The maximum absolute atomic E-state index is 11.7. The zero-order valence-corrected chi connectivity index (χ0v) is 10.3. The molecule has 0 saturated heterocycles. The van der Waals surface area contributed by atoms with Crippen molar-refractivity contribution < 1.29 is 4.74 Å². The quantitative estimate of drug-likeness (QED) is 0.937. The second kappa shape index (κ2) is 4.67. The molecule has 0 aliphatic rings. The molecule has 0 aliphatic carbocycles. The standard InChI is InChI=1S/C11H11BrN2O2/c1-16-7-9-6-11(15)14(13-9)10-4-2-3-8(12)5-10/h2-6,13H,7H2,1H3. The first kappa shape index (κ1) is 11.2. The molecule has 0 fully saturated rings. The maximum Gasteiger partial charge on any atom is 0.271 e. The lowest BCUT2D eigenvalue weighted by Crippen LogP contribution is -2.13. The van der Waals surface area contributed by atoms with Crippen LogP contribution >= 0.6 is 15.9 Å². The summed E-state index contributed by atoms with van der Waals surface area (Å²) < 4.78 is 7.38. The van der Waals surface area contributed by atoms with Crippen LogP contribution in [0, 0.1) is 0 Å². The number of H-pyrrole nitrogens is 1. The zero-order valence-electron chi connectivity index (χ0n) is 8.74. The molecule has 0 saturated carbocycles. The third-order valence-electron chi connectivity index (χ3n) is 2.14. The third kappa shape index (κ3) is 2.25. The van der Waals surface area contributed by atoms with Crippen LogP contribution in [0.15, 0.2) is 39.6 Å². The SMILES string of the molecule is COCc1cc(=O)n(-c2cccc(Br)c2)[nH]1. The van der Waals surface area contributed by atoms with E-state index in [0.29, 0.717) is 6.61 Å². The van der Waals surface area contributed by atoms with Crippen LogP contribution in [0.1, 0.15) is 5.69 Å². The summed E-state index contributed by atoms with van der Waals surface area (Å²) in [5.74, 6) is 0. The fourth-order valence-electron chi connectivity index (χ4n) is 1.48. The molecule has 0 spiro atoms. The van der Waals surface area contributed by atoms with Crippen molar-refractivity contribution in [3.63, 3.8) is 0 Å². The molecule has 0 radical (unpaired) electrons. The van der Waals surface area contributed by atoms with E-state index >= 15 is 0 Å². The van der Waals surface area contributed by atoms with Gasteiger partial charge in [0, 0.05) is 17.6 Å². The summed E-state index contributed by atoms with van der Waals surface area (Å²) in [5.41, 5.74) is 1.46. The molecule has 1 N–H and O–H groups in total. The fourth-order valence-corrected chi connectivity index (χ4v) is 1.87. The minimum atomic E-state index is -0.0925. The van der Waals surface area contributed by atoms with Gasteiger partial charge < -0.3 is 4.74 Å². The van der Waals surface area contributed by atoms with E-state index in [0.717, 1.165) is 15.9 Å². The summed E-state index contributed by atoms with van der Waals surface area (Å²) in [4.78, 5) is 11.7. The van der Waals surface area contributed by atoms with E-state index in [2.05, 4.69) is 21.0 Å². The molecule has 0 aliphatic heterocycles. The van der Waals surface area contributed by atoms with Gasteiger partial charge in [-0.25, -0.2) is 4.68 Å². The van der Waals surface area contributed by atoms with E-state index in [1.54, 1.807) is 7.11 Å². The molecular formula is C11H11BrN2O2. The summed E-state index contributed by atoms with van der Waals surface area (Å²) >= 11 is 3.37. The van der Waals surface area contributed by atoms with Crippen molar-refractivity contribution in [1.82, 2.24) is 9.78 Å². The van der Waals surface area contributed by atoms with Gasteiger partial charge in [0.1, 0.15) is 0 Å². The highest BCUT2D eigenvalue weighted by atomic mass is 79.9. The van der Waals surface area contributed by atoms with Crippen LogP contribution in [0.4, 0.5) is 0 Å². The van der Waals surface area contributed by atoms with Crippen LogP contribution in [0.5, 0.6) is 0 Å². The van der Waals surface area contributed by atoms with Gasteiger partial charge in [-0.1, -0.05) is 22.0 Å². The minimum absolute atomic E-state index is 0.0925. The second-order valence-corrected chi connectivity index (χ2v) is 4.28. The van der Waals surface area contributed by atoms with Crippen LogP contribution in [0.2, 0.25) is 0 Å². The number of nitrogens with zero attached hydrogens (tertiary/aromatic N) is 1. The largest absolute Gasteiger partial charge is 0.378 e. The van der Waals surface area contributed by atoms with Crippen molar-refractivity contribution in [2.75, 3.05) is 7.11 Å². The molecule has 1 aromatic heterocycles. The number of aromatic nitrogens is 2. The van der Waals surface area contributed by atoms with Crippen LogP contribution in [-0.4, -0.2) is 16.9 Å². The van der Waals surface area contributed by atoms with Crippen LogP contribution in [0.25, 0.3) is 5.69 Å².